The fourth-order valence-electron chi connectivity index (χ4n) is 2.27. The third kappa shape index (κ3) is 3.50. The normalized spacial score (nSPS) is 12.3. The molecule has 0 amide bonds. The maximum Gasteiger partial charge on any atom is 0.227 e. The minimum absolute atomic E-state index is 0.0265. The molecular formula is C18H20N2O4. The van der Waals surface area contributed by atoms with Crippen LogP contribution in [-0.4, -0.2) is 48.6 Å². The number of aliphatic hydroxyl groups excluding tert-OH is 2. The molecule has 0 radical (unpaired) electrons. The molecule has 126 valence electrons. The molecule has 0 aliphatic heterocycles. The SMILES string of the molecule is CN(C)c1ccc(-c2nc3cc(OC[C@@H](O)CO)ccc3o2)cc1. The van der Waals surface area contributed by atoms with Crippen LogP contribution in [0.2, 0.25) is 0 Å². The molecule has 1 atom stereocenters. The van der Waals surface area contributed by atoms with E-state index in [1.54, 1.807) is 18.2 Å². The van der Waals surface area contributed by atoms with Gasteiger partial charge >= 0.3 is 0 Å². The summed E-state index contributed by atoms with van der Waals surface area (Å²) in [6, 6.07) is 13.2. The van der Waals surface area contributed by atoms with Crippen molar-refractivity contribution in [3.8, 4) is 17.2 Å². The number of oxazole rings is 1. The molecule has 0 spiro atoms. The molecule has 0 aliphatic rings. The van der Waals surface area contributed by atoms with Crippen molar-refractivity contribution < 1.29 is 19.4 Å². The summed E-state index contributed by atoms with van der Waals surface area (Å²) in [7, 11) is 3.98. The van der Waals surface area contributed by atoms with Gasteiger partial charge in [-0.2, -0.15) is 0 Å². The Hall–Kier alpha value is -2.57. The molecule has 0 aliphatic carbocycles. The van der Waals surface area contributed by atoms with Gasteiger partial charge in [-0.05, 0) is 36.4 Å². The first kappa shape index (κ1) is 16.3. The highest BCUT2D eigenvalue weighted by molar-refractivity contribution is 5.78. The zero-order chi connectivity index (χ0) is 17.1. The van der Waals surface area contributed by atoms with Crippen molar-refractivity contribution in [1.82, 2.24) is 4.98 Å². The highest BCUT2D eigenvalue weighted by Gasteiger charge is 2.10. The number of anilines is 1. The fourth-order valence-corrected chi connectivity index (χ4v) is 2.27. The van der Waals surface area contributed by atoms with Crippen LogP contribution >= 0.6 is 0 Å². The van der Waals surface area contributed by atoms with Gasteiger partial charge in [0.1, 0.15) is 24.0 Å². The van der Waals surface area contributed by atoms with Crippen LogP contribution in [0.15, 0.2) is 46.9 Å². The van der Waals surface area contributed by atoms with Crippen LogP contribution in [-0.2, 0) is 0 Å². The van der Waals surface area contributed by atoms with Crippen LogP contribution in [0.3, 0.4) is 0 Å². The number of aromatic nitrogens is 1. The van der Waals surface area contributed by atoms with Gasteiger partial charge in [-0.1, -0.05) is 0 Å². The van der Waals surface area contributed by atoms with E-state index < -0.39 is 6.10 Å². The number of aliphatic hydroxyl groups is 2. The van der Waals surface area contributed by atoms with E-state index in [9.17, 15) is 5.11 Å². The second-order valence-electron chi connectivity index (χ2n) is 5.74. The van der Waals surface area contributed by atoms with Crippen molar-refractivity contribution in [2.45, 2.75) is 6.10 Å². The monoisotopic (exact) mass is 328 g/mol. The third-order valence-electron chi connectivity index (χ3n) is 3.64. The highest BCUT2D eigenvalue weighted by Crippen LogP contribution is 2.28. The summed E-state index contributed by atoms with van der Waals surface area (Å²) >= 11 is 0. The fraction of sp³-hybridized carbons (Fsp3) is 0.278. The maximum absolute atomic E-state index is 9.33. The first-order chi connectivity index (χ1) is 11.6. The van der Waals surface area contributed by atoms with Crippen LogP contribution in [0.25, 0.3) is 22.6 Å². The van der Waals surface area contributed by atoms with Crippen molar-refractivity contribution in [2.24, 2.45) is 0 Å². The van der Waals surface area contributed by atoms with E-state index in [1.807, 2.05) is 43.3 Å². The summed E-state index contributed by atoms with van der Waals surface area (Å²) in [5.41, 5.74) is 3.34. The second-order valence-corrected chi connectivity index (χ2v) is 5.74. The van der Waals surface area contributed by atoms with Crippen LogP contribution in [0.5, 0.6) is 5.75 Å². The summed E-state index contributed by atoms with van der Waals surface area (Å²) < 4.78 is 11.2. The lowest BCUT2D eigenvalue weighted by molar-refractivity contribution is 0.0536. The van der Waals surface area contributed by atoms with Gasteiger partial charge in [-0.25, -0.2) is 4.98 Å². The molecule has 0 saturated carbocycles. The molecule has 6 heteroatoms. The summed E-state index contributed by atoms with van der Waals surface area (Å²) in [5, 5.41) is 18.1. The van der Waals surface area contributed by atoms with E-state index in [0.717, 1.165) is 11.3 Å². The van der Waals surface area contributed by atoms with Crippen molar-refractivity contribution in [1.29, 1.82) is 0 Å². The number of fused-ring (bicyclic) bond motifs is 1. The molecule has 1 heterocycles. The van der Waals surface area contributed by atoms with E-state index >= 15 is 0 Å². The molecule has 2 N–H and O–H groups in total. The Morgan fingerprint density at radius 1 is 1.17 bits per heavy atom. The highest BCUT2D eigenvalue weighted by atomic mass is 16.5. The molecule has 0 saturated heterocycles. The van der Waals surface area contributed by atoms with Crippen LogP contribution < -0.4 is 9.64 Å². The Kier molecular flexibility index (Phi) is 4.69. The predicted octanol–water partition coefficient (Wildman–Crippen LogP) is 2.29. The first-order valence-electron chi connectivity index (χ1n) is 7.67. The molecule has 24 heavy (non-hydrogen) atoms. The van der Waals surface area contributed by atoms with Crippen LogP contribution in [0.1, 0.15) is 0 Å². The lowest BCUT2D eigenvalue weighted by atomic mass is 10.2. The summed E-state index contributed by atoms with van der Waals surface area (Å²) in [6.07, 6.45) is -0.899. The van der Waals surface area contributed by atoms with Gasteiger partial charge in [0.05, 0.1) is 6.61 Å². The number of nitrogens with zero attached hydrogens (tertiary/aromatic N) is 2. The quantitative estimate of drug-likeness (QED) is 0.723. The maximum atomic E-state index is 9.33. The van der Waals surface area contributed by atoms with Crippen LogP contribution in [0, 0.1) is 0 Å². The summed E-state index contributed by atoms with van der Waals surface area (Å²) in [6.45, 7) is -0.308. The summed E-state index contributed by atoms with van der Waals surface area (Å²) in [5.74, 6) is 1.11. The Balaban J connectivity index is 1.83. The van der Waals surface area contributed by atoms with Gasteiger partial charge in [0.25, 0.3) is 0 Å². The minimum Gasteiger partial charge on any atom is -0.491 e. The van der Waals surface area contributed by atoms with Crippen molar-refractivity contribution in [3.63, 3.8) is 0 Å². The Labute approximate surface area is 139 Å². The standard InChI is InChI=1S/C18H20N2O4/c1-20(2)13-5-3-12(4-6-13)18-19-16-9-15(7-8-17(16)24-18)23-11-14(22)10-21/h3-9,14,21-22H,10-11H2,1-2H3/t14-/m0/s1. The van der Waals surface area contributed by atoms with Gasteiger partial charge < -0.3 is 24.3 Å². The average molecular weight is 328 g/mol. The number of rotatable bonds is 6. The van der Waals surface area contributed by atoms with E-state index in [-0.39, 0.29) is 13.2 Å². The number of hydrogen-bond donors (Lipinski definition) is 2. The van der Waals surface area contributed by atoms with Crippen molar-refractivity contribution in [2.75, 3.05) is 32.2 Å². The second kappa shape index (κ2) is 6.90. The van der Waals surface area contributed by atoms with Gasteiger partial charge in [0.2, 0.25) is 5.89 Å². The molecule has 6 nitrogen and oxygen atoms in total. The Morgan fingerprint density at radius 2 is 1.92 bits per heavy atom. The minimum atomic E-state index is -0.899. The van der Waals surface area contributed by atoms with E-state index in [2.05, 4.69) is 4.98 Å². The van der Waals surface area contributed by atoms with E-state index in [1.165, 1.54) is 0 Å². The van der Waals surface area contributed by atoms with Gasteiger partial charge in [0, 0.05) is 31.4 Å². The molecule has 3 rings (SSSR count). The summed E-state index contributed by atoms with van der Waals surface area (Å²) in [4.78, 5) is 6.52. The predicted molar refractivity (Wildman–Crippen MR) is 92.4 cm³/mol. The largest absolute Gasteiger partial charge is 0.491 e. The van der Waals surface area contributed by atoms with Crippen molar-refractivity contribution >= 4 is 16.8 Å². The first-order valence-corrected chi connectivity index (χ1v) is 7.67. The molecular weight excluding hydrogens is 308 g/mol. The van der Waals surface area contributed by atoms with Crippen LogP contribution in [0.4, 0.5) is 5.69 Å². The van der Waals surface area contributed by atoms with Crippen molar-refractivity contribution in [3.05, 3.63) is 42.5 Å². The number of ether oxygens (including phenoxy) is 1. The van der Waals surface area contributed by atoms with Gasteiger partial charge in [-0.15, -0.1) is 0 Å². The molecule has 0 fully saturated rings. The number of benzene rings is 2. The van der Waals surface area contributed by atoms with Gasteiger partial charge in [0.15, 0.2) is 5.58 Å². The lowest BCUT2D eigenvalue weighted by Crippen LogP contribution is -2.21. The average Bonchev–Trinajstić information content (AvgIpc) is 3.03. The molecule has 2 aromatic carbocycles. The zero-order valence-electron chi connectivity index (χ0n) is 13.6. The smallest absolute Gasteiger partial charge is 0.227 e. The van der Waals surface area contributed by atoms with E-state index in [4.69, 9.17) is 14.3 Å². The topological polar surface area (TPSA) is 79.0 Å². The Bertz CT molecular complexity index is 812. The molecule has 1 aromatic heterocycles. The lowest BCUT2D eigenvalue weighted by Gasteiger charge is -2.11. The molecule has 3 aromatic rings. The zero-order valence-corrected chi connectivity index (χ0v) is 13.6. The molecule has 0 unspecified atom stereocenters. The third-order valence-corrected chi connectivity index (χ3v) is 3.64. The Morgan fingerprint density at radius 3 is 2.58 bits per heavy atom. The molecule has 0 bridgehead atoms. The van der Waals surface area contributed by atoms with E-state index in [0.29, 0.717) is 22.7 Å². The van der Waals surface area contributed by atoms with Gasteiger partial charge in [-0.3, -0.25) is 0 Å². The number of hydrogen-bond acceptors (Lipinski definition) is 6.